The fourth-order valence-electron chi connectivity index (χ4n) is 1.78. The Morgan fingerprint density at radius 2 is 2.05 bits per heavy atom. The first kappa shape index (κ1) is 15.4. The maximum absolute atomic E-state index is 11.3. The van der Waals surface area contributed by atoms with Gasteiger partial charge in [-0.1, -0.05) is 0 Å². The molecule has 0 N–H and O–H groups in total. The second kappa shape index (κ2) is 7.18. The number of hydrogen-bond donors (Lipinski definition) is 0. The summed E-state index contributed by atoms with van der Waals surface area (Å²) < 4.78 is 20.9. The minimum atomic E-state index is -0.542. The molecule has 0 aliphatic heterocycles. The van der Waals surface area contributed by atoms with Gasteiger partial charge in [-0.25, -0.2) is 4.79 Å². The number of furan rings is 1. The first-order valence-corrected chi connectivity index (χ1v) is 6.64. The van der Waals surface area contributed by atoms with Gasteiger partial charge in [-0.2, -0.15) is 5.26 Å². The largest absolute Gasteiger partial charge is 0.490 e. The van der Waals surface area contributed by atoms with Crippen molar-refractivity contribution in [2.75, 3.05) is 13.7 Å². The van der Waals surface area contributed by atoms with Crippen molar-refractivity contribution in [3.05, 3.63) is 47.4 Å². The van der Waals surface area contributed by atoms with Crippen LogP contribution in [0.2, 0.25) is 0 Å². The minimum absolute atomic E-state index is 0.117. The molecule has 2 rings (SSSR count). The molecule has 0 amide bonds. The standard InChI is InChI=1S/C16H15NO5/c1-3-20-15-8-11(9-17)4-6-13(15)21-10-12-5-7-14(22-12)16(18)19-2/h4-8H,3,10H2,1-2H3. The van der Waals surface area contributed by atoms with Crippen molar-refractivity contribution >= 4 is 5.97 Å². The number of esters is 1. The highest BCUT2D eigenvalue weighted by Crippen LogP contribution is 2.29. The van der Waals surface area contributed by atoms with E-state index in [0.717, 1.165) is 0 Å². The van der Waals surface area contributed by atoms with Gasteiger partial charge in [-0.3, -0.25) is 0 Å². The Morgan fingerprint density at radius 1 is 1.23 bits per heavy atom. The number of benzene rings is 1. The molecule has 6 nitrogen and oxygen atoms in total. The molecule has 0 spiro atoms. The van der Waals surface area contributed by atoms with Crippen LogP contribution in [0.5, 0.6) is 11.5 Å². The summed E-state index contributed by atoms with van der Waals surface area (Å²) in [6.07, 6.45) is 0. The Kier molecular flexibility index (Phi) is 5.04. The molecule has 1 heterocycles. The Labute approximate surface area is 127 Å². The molecule has 0 radical (unpaired) electrons. The second-order valence-corrected chi connectivity index (χ2v) is 4.25. The van der Waals surface area contributed by atoms with Crippen LogP contribution in [0.4, 0.5) is 0 Å². The number of carbonyl (C=O) groups excluding carboxylic acids is 1. The van der Waals surface area contributed by atoms with Crippen molar-refractivity contribution in [3.8, 4) is 17.6 Å². The van der Waals surface area contributed by atoms with Gasteiger partial charge in [0.1, 0.15) is 12.4 Å². The topological polar surface area (TPSA) is 81.7 Å². The van der Waals surface area contributed by atoms with E-state index in [1.807, 2.05) is 13.0 Å². The van der Waals surface area contributed by atoms with Crippen molar-refractivity contribution in [2.24, 2.45) is 0 Å². The van der Waals surface area contributed by atoms with E-state index in [0.29, 0.717) is 29.4 Å². The van der Waals surface area contributed by atoms with Crippen LogP contribution in [0.1, 0.15) is 28.8 Å². The van der Waals surface area contributed by atoms with Crippen molar-refractivity contribution in [1.29, 1.82) is 5.26 Å². The molecule has 0 bridgehead atoms. The molecule has 0 saturated heterocycles. The molecule has 0 saturated carbocycles. The number of rotatable bonds is 6. The molecule has 114 valence electrons. The van der Waals surface area contributed by atoms with E-state index in [2.05, 4.69) is 4.74 Å². The van der Waals surface area contributed by atoms with Gasteiger partial charge < -0.3 is 18.6 Å². The fourth-order valence-corrected chi connectivity index (χ4v) is 1.78. The predicted octanol–water partition coefficient (Wildman–Crippen LogP) is 2.92. The predicted molar refractivity (Wildman–Crippen MR) is 76.7 cm³/mol. The van der Waals surface area contributed by atoms with E-state index in [1.54, 1.807) is 24.3 Å². The van der Waals surface area contributed by atoms with Gasteiger partial charge in [0.15, 0.2) is 11.5 Å². The molecular formula is C16H15NO5. The van der Waals surface area contributed by atoms with Crippen LogP contribution in [0.15, 0.2) is 34.7 Å². The van der Waals surface area contributed by atoms with Gasteiger partial charge in [0, 0.05) is 6.07 Å². The van der Waals surface area contributed by atoms with Crippen LogP contribution >= 0.6 is 0 Å². The third-order valence-corrected chi connectivity index (χ3v) is 2.79. The third-order valence-electron chi connectivity index (χ3n) is 2.79. The van der Waals surface area contributed by atoms with Crippen LogP contribution in [0.3, 0.4) is 0 Å². The summed E-state index contributed by atoms with van der Waals surface area (Å²) in [5.74, 6) is 1.04. The van der Waals surface area contributed by atoms with Crippen LogP contribution in [0, 0.1) is 11.3 Å². The zero-order chi connectivity index (χ0) is 15.9. The van der Waals surface area contributed by atoms with Gasteiger partial charge in [0.05, 0.1) is 25.3 Å². The number of methoxy groups -OCH3 is 1. The highest BCUT2D eigenvalue weighted by molar-refractivity contribution is 5.86. The van der Waals surface area contributed by atoms with Crippen LogP contribution in [-0.2, 0) is 11.3 Å². The van der Waals surface area contributed by atoms with Crippen LogP contribution < -0.4 is 9.47 Å². The molecule has 1 aromatic heterocycles. The highest BCUT2D eigenvalue weighted by atomic mass is 16.5. The smallest absolute Gasteiger partial charge is 0.373 e. The van der Waals surface area contributed by atoms with E-state index in [4.69, 9.17) is 19.2 Å². The van der Waals surface area contributed by atoms with Gasteiger partial charge in [-0.05, 0) is 31.2 Å². The van der Waals surface area contributed by atoms with Gasteiger partial charge in [-0.15, -0.1) is 0 Å². The molecule has 0 unspecified atom stereocenters. The van der Waals surface area contributed by atoms with Crippen molar-refractivity contribution in [3.63, 3.8) is 0 Å². The van der Waals surface area contributed by atoms with Crippen molar-refractivity contribution in [2.45, 2.75) is 13.5 Å². The number of carbonyl (C=O) groups is 1. The number of hydrogen-bond acceptors (Lipinski definition) is 6. The average molecular weight is 301 g/mol. The molecule has 22 heavy (non-hydrogen) atoms. The lowest BCUT2D eigenvalue weighted by Gasteiger charge is -2.11. The zero-order valence-electron chi connectivity index (χ0n) is 12.3. The number of nitrogens with zero attached hydrogens (tertiary/aromatic N) is 1. The Morgan fingerprint density at radius 3 is 2.73 bits per heavy atom. The first-order chi connectivity index (χ1) is 10.7. The second-order valence-electron chi connectivity index (χ2n) is 4.25. The zero-order valence-corrected chi connectivity index (χ0v) is 12.3. The Balaban J connectivity index is 2.09. The summed E-state index contributed by atoms with van der Waals surface area (Å²) >= 11 is 0. The normalized spacial score (nSPS) is 9.86. The van der Waals surface area contributed by atoms with E-state index >= 15 is 0 Å². The van der Waals surface area contributed by atoms with E-state index in [-0.39, 0.29) is 12.4 Å². The van der Waals surface area contributed by atoms with Gasteiger partial charge in [0.25, 0.3) is 0 Å². The molecule has 0 aliphatic carbocycles. The molecule has 1 aromatic carbocycles. The molecule has 0 fully saturated rings. The summed E-state index contributed by atoms with van der Waals surface area (Å²) in [7, 11) is 1.28. The maximum Gasteiger partial charge on any atom is 0.373 e. The highest BCUT2D eigenvalue weighted by Gasteiger charge is 2.12. The molecule has 6 heteroatoms. The van der Waals surface area contributed by atoms with Crippen molar-refractivity contribution < 1.29 is 23.4 Å². The monoisotopic (exact) mass is 301 g/mol. The average Bonchev–Trinajstić information content (AvgIpc) is 3.02. The molecular weight excluding hydrogens is 286 g/mol. The van der Waals surface area contributed by atoms with Crippen LogP contribution in [-0.4, -0.2) is 19.7 Å². The lowest BCUT2D eigenvalue weighted by molar-refractivity contribution is 0.0561. The Hall–Kier alpha value is -2.94. The minimum Gasteiger partial charge on any atom is -0.490 e. The molecule has 0 aliphatic rings. The lowest BCUT2D eigenvalue weighted by atomic mass is 10.2. The lowest BCUT2D eigenvalue weighted by Crippen LogP contribution is -2.00. The Bertz CT molecular complexity index is 699. The number of nitriles is 1. The van der Waals surface area contributed by atoms with E-state index in [9.17, 15) is 4.79 Å². The first-order valence-electron chi connectivity index (χ1n) is 6.64. The summed E-state index contributed by atoms with van der Waals surface area (Å²) in [6, 6.07) is 10.1. The number of ether oxygens (including phenoxy) is 3. The fraction of sp³-hybridized carbons (Fsp3) is 0.250. The van der Waals surface area contributed by atoms with Gasteiger partial charge in [0.2, 0.25) is 5.76 Å². The van der Waals surface area contributed by atoms with Gasteiger partial charge >= 0.3 is 5.97 Å². The van der Waals surface area contributed by atoms with Crippen LogP contribution in [0.25, 0.3) is 0 Å². The summed E-state index contributed by atoms with van der Waals surface area (Å²) in [5.41, 5.74) is 0.488. The van der Waals surface area contributed by atoms with E-state index in [1.165, 1.54) is 13.2 Å². The van der Waals surface area contributed by atoms with Crippen molar-refractivity contribution in [1.82, 2.24) is 0 Å². The SMILES string of the molecule is CCOc1cc(C#N)ccc1OCc1ccc(C(=O)OC)o1. The molecule has 2 aromatic rings. The summed E-state index contributed by atoms with van der Waals surface area (Å²) in [4.78, 5) is 11.3. The summed E-state index contributed by atoms with van der Waals surface area (Å²) in [5, 5.41) is 8.90. The third kappa shape index (κ3) is 3.58. The maximum atomic E-state index is 11.3. The van der Waals surface area contributed by atoms with E-state index < -0.39 is 5.97 Å². The quantitative estimate of drug-likeness (QED) is 0.763. The summed E-state index contributed by atoms with van der Waals surface area (Å²) in [6.45, 7) is 2.43. The molecule has 0 atom stereocenters.